The van der Waals surface area contributed by atoms with E-state index in [1.807, 2.05) is 36.4 Å². The van der Waals surface area contributed by atoms with Crippen molar-refractivity contribution in [3.05, 3.63) is 89.7 Å². The van der Waals surface area contributed by atoms with E-state index >= 15 is 0 Å². The van der Waals surface area contributed by atoms with Crippen LogP contribution in [0.2, 0.25) is 0 Å². The summed E-state index contributed by atoms with van der Waals surface area (Å²) in [5, 5.41) is 3.01. The lowest BCUT2D eigenvalue weighted by atomic mass is 10.0. The van der Waals surface area contributed by atoms with E-state index in [0.717, 1.165) is 36.9 Å². The molecule has 0 radical (unpaired) electrons. The topological polar surface area (TPSA) is 82.6 Å². The van der Waals surface area contributed by atoms with Crippen LogP contribution in [0, 0.1) is 0 Å². The van der Waals surface area contributed by atoms with Crippen LogP contribution in [0.1, 0.15) is 40.7 Å². The molecule has 2 aliphatic heterocycles. The number of piperidine rings is 1. The largest absolute Gasteiger partial charge is 0.327 e. The van der Waals surface area contributed by atoms with Crippen molar-refractivity contribution in [3.63, 3.8) is 0 Å². The summed E-state index contributed by atoms with van der Waals surface area (Å²) in [5.41, 5.74) is 3.90. The van der Waals surface area contributed by atoms with Crippen molar-refractivity contribution in [1.82, 2.24) is 9.88 Å². The summed E-state index contributed by atoms with van der Waals surface area (Å²) in [7, 11) is 0. The Balaban J connectivity index is 1.35. The van der Waals surface area contributed by atoms with Crippen LogP contribution in [0.5, 0.6) is 0 Å². The molecule has 1 unspecified atom stereocenters. The molecule has 0 spiro atoms. The Labute approximate surface area is 204 Å². The second-order valence-electron chi connectivity index (χ2n) is 9.01. The van der Waals surface area contributed by atoms with Crippen molar-refractivity contribution in [2.24, 2.45) is 0 Å². The zero-order valence-corrected chi connectivity index (χ0v) is 19.5. The van der Waals surface area contributed by atoms with Crippen LogP contribution in [-0.4, -0.2) is 46.7 Å². The molecule has 2 aliphatic rings. The van der Waals surface area contributed by atoms with Crippen molar-refractivity contribution in [2.45, 2.75) is 38.1 Å². The Hall–Kier alpha value is -4.00. The van der Waals surface area contributed by atoms with Crippen molar-refractivity contribution < 1.29 is 14.4 Å². The zero-order chi connectivity index (χ0) is 24.2. The molecule has 7 nitrogen and oxygen atoms in total. The Morgan fingerprint density at radius 2 is 1.71 bits per heavy atom. The van der Waals surface area contributed by atoms with Crippen LogP contribution in [0.25, 0.3) is 0 Å². The number of carbonyl (C=O) groups excluding carboxylic acids is 3. The Bertz CT molecular complexity index is 1240. The number of amides is 3. The molecule has 7 heteroatoms. The van der Waals surface area contributed by atoms with Gasteiger partial charge in [-0.3, -0.25) is 19.4 Å². The van der Waals surface area contributed by atoms with E-state index in [2.05, 4.69) is 10.3 Å². The lowest BCUT2D eigenvalue weighted by Gasteiger charge is -2.34. The second-order valence-corrected chi connectivity index (χ2v) is 9.01. The Kier molecular flexibility index (Phi) is 6.57. The first-order valence-electron chi connectivity index (χ1n) is 12.1. The third kappa shape index (κ3) is 4.80. The molecule has 2 aromatic carbocycles. The van der Waals surface area contributed by atoms with Crippen molar-refractivity contribution in [2.75, 3.05) is 23.3 Å². The number of aromatic nitrogens is 1. The quantitative estimate of drug-likeness (QED) is 0.596. The van der Waals surface area contributed by atoms with Gasteiger partial charge in [-0.1, -0.05) is 30.3 Å². The van der Waals surface area contributed by atoms with E-state index in [1.165, 1.54) is 10.5 Å². The summed E-state index contributed by atoms with van der Waals surface area (Å²) in [6.07, 6.45) is 7.53. The van der Waals surface area contributed by atoms with Gasteiger partial charge < -0.3 is 15.1 Å². The van der Waals surface area contributed by atoms with Gasteiger partial charge in [0.25, 0.3) is 5.91 Å². The van der Waals surface area contributed by atoms with E-state index in [-0.39, 0.29) is 24.3 Å². The second kappa shape index (κ2) is 10.1. The van der Waals surface area contributed by atoms with Gasteiger partial charge in [-0.05, 0) is 73.6 Å². The van der Waals surface area contributed by atoms with E-state index < -0.39 is 6.04 Å². The summed E-state index contributed by atoms with van der Waals surface area (Å²) in [4.78, 5) is 47.2. The fourth-order valence-corrected chi connectivity index (χ4v) is 4.96. The van der Waals surface area contributed by atoms with Crippen LogP contribution in [0.3, 0.4) is 0 Å². The molecule has 0 bridgehead atoms. The maximum Gasteiger partial charge on any atom is 0.256 e. The lowest BCUT2D eigenvalue weighted by Crippen LogP contribution is -2.52. The first-order chi connectivity index (χ1) is 17.1. The van der Waals surface area contributed by atoms with Gasteiger partial charge in [-0.25, -0.2) is 0 Å². The SMILES string of the molecule is O=C(CN1C(=O)C2CCCCN2C(=O)c2ccccc21)Nc1ccccc1CCc1ccncc1. The summed E-state index contributed by atoms with van der Waals surface area (Å²) in [6, 6.07) is 18.2. The third-order valence-corrected chi connectivity index (χ3v) is 6.77. The van der Waals surface area contributed by atoms with E-state index in [1.54, 1.807) is 41.6 Å². The minimum atomic E-state index is -0.524. The molecule has 1 N–H and O–H groups in total. The average molecular weight is 469 g/mol. The summed E-state index contributed by atoms with van der Waals surface area (Å²) in [5.74, 6) is -0.617. The van der Waals surface area contributed by atoms with Gasteiger partial charge in [0.15, 0.2) is 0 Å². The highest BCUT2D eigenvalue weighted by atomic mass is 16.2. The molecule has 5 rings (SSSR count). The predicted octanol–water partition coefficient (Wildman–Crippen LogP) is 3.85. The summed E-state index contributed by atoms with van der Waals surface area (Å²) in [6.45, 7) is 0.417. The van der Waals surface area contributed by atoms with Crippen LogP contribution in [-0.2, 0) is 22.4 Å². The number of fused-ring (bicyclic) bond motifs is 2. The molecule has 1 aromatic heterocycles. The first-order valence-corrected chi connectivity index (χ1v) is 12.1. The molecular weight excluding hydrogens is 440 g/mol. The maximum absolute atomic E-state index is 13.5. The van der Waals surface area contributed by atoms with Gasteiger partial charge in [-0.15, -0.1) is 0 Å². The molecule has 0 aliphatic carbocycles. The standard InChI is InChI=1S/C28H28N4O3/c33-26(30-23-9-3-1-7-21(23)13-12-20-14-16-29-17-15-20)19-32-24-10-4-2-8-22(24)27(34)31-18-6-5-11-25(31)28(32)35/h1-4,7-10,14-17,25H,5-6,11-13,18-19H2,(H,30,33). The average Bonchev–Trinajstić information content (AvgIpc) is 2.98. The minimum absolute atomic E-state index is 0.136. The number of benzene rings is 2. The van der Waals surface area contributed by atoms with E-state index in [9.17, 15) is 14.4 Å². The molecule has 35 heavy (non-hydrogen) atoms. The molecule has 3 heterocycles. The number of nitrogens with zero attached hydrogens (tertiary/aromatic N) is 3. The summed E-state index contributed by atoms with van der Waals surface area (Å²) < 4.78 is 0. The highest BCUT2D eigenvalue weighted by Gasteiger charge is 2.41. The van der Waals surface area contributed by atoms with Crippen LogP contribution < -0.4 is 10.2 Å². The number of rotatable bonds is 6. The van der Waals surface area contributed by atoms with Gasteiger partial charge in [0.05, 0.1) is 11.3 Å². The number of anilines is 2. The van der Waals surface area contributed by atoms with E-state index in [4.69, 9.17) is 0 Å². The molecule has 3 aromatic rings. The van der Waals surface area contributed by atoms with Gasteiger partial charge >= 0.3 is 0 Å². The molecule has 3 amide bonds. The van der Waals surface area contributed by atoms with Crippen LogP contribution >= 0.6 is 0 Å². The molecule has 178 valence electrons. The smallest absolute Gasteiger partial charge is 0.256 e. The third-order valence-electron chi connectivity index (χ3n) is 6.77. The maximum atomic E-state index is 13.5. The van der Waals surface area contributed by atoms with Crippen molar-refractivity contribution in [1.29, 1.82) is 0 Å². The number of hydrogen-bond donors (Lipinski definition) is 1. The van der Waals surface area contributed by atoms with E-state index in [0.29, 0.717) is 24.2 Å². The Morgan fingerprint density at radius 3 is 2.57 bits per heavy atom. The van der Waals surface area contributed by atoms with Crippen LogP contribution in [0.4, 0.5) is 11.4 Å². The number of aryl methyl sites for hydroxylation is 2. The summed E-state index contributed by atoms with van der Waals surface area (Å²) >= 11 is 0. The first kappa shape index (κ1) is 22.8. The molecule has 1 fully saturated rings. The normalized spacial score (nSPS) is 17.4. The van der Waals surface area contributed by atoms with Crippen LogP contribution in [0.15, 0.2) is 73.1 Å². The highest BCUT2D eigenvalue weighted by Crippen LogP contribution is 2.31. The number of carbonyl (C=O) groups is 3. The molecule has 1 saturated heterocycles. The number of nitrogens with one attached hydrogen (secondary N) is 1. The van der Waals surface area contributed by atoms with Gasteiger partial charge in [0.2, 0.25) is 11.8 Å². The van der Waals surface area contributed by atoms with Gasteiger partial charge in [0.1, 0.15) is 12.6 Å². The zero-order valence-electron chi connectivity index (χ0n) is 19.5. The Morgan fingerprint density at radius 1 is 0.943 bits per heavy atom. The molecule has 0 saturated carbocycles. The van der Waals surface area contributed by atoms with Crippen molar-refractivity contribution in [3.8, 4) is 0 Å². The fraction of sp³-hybridized carbons (Fsp3) is 0.286. The van der Waals surface area contributed by atoms with Crippen molar-refractivity contribution >= 4 is 29.1 Å². The van der Waals surface area contributed by atoms with Gasteiger partial charge in [0, 0.05) is 24.6 Å². The number of hydrogen-bond acceptors (Lipinski definition) is 4. The highest BCUT2D eigenvalue weighted by molar-refractivity contribution is 6.13. The molecular formula is C28H28N4O3. The fourth-order valence-electron chi connectivity index (χ4n) is 4.96. The van der Waals surface area contributed by atoms with Gasteiger partial charge in [-0.2, -0.15) is 0 Å². The number of para-hydroxylation sites is 2. The number of pyridine rings is 1. The lowest BCUT2D eigenvalue weighted by molar-refractivity contribution is -0.125. The predicted molar refractivity (Wildman–Crippen MR) is 134 cm³/mol. The monoisotopic (exact) mass is 468 g/mol. The minimum Gasteiger partial charge on any atom is -0.327 e. The molecule has 1 atom stereocenters.